The third-order valence-corrected chi connectivity index (χ3v) is 3.80. The van der Waals surface area contributed by atoms with Crippen molar-refractivity contribution in [3.05, 3.63) is 67.9 Å². The van der Waals surface area contributed by atoms with Crippen LogP contribution >= 0.6 is 39.1 Å². The highest BCUT2D eigenvalue weighted by molar-refractivity contribution is 9.10. The molecule has 0 bridgehead atoms. The first-order valence-electron chi connectivity index (χ1n) is 5.59. The van der Waals surface area contributed by atoms with Crippen LogP contribution in [0.15, 0.2) is 40.9 Å². The van der Waals surface area contributed by atoms with Crippen molar-refractivity contribution in [1.29, 1.82) is 0 Å². The second-order valence-corrected chi connectivity index (χ2v) is 5.85. The third-order valence-electron chi connectivity index (χ3n) is 2.78. The van der Waals surface area contributed by atoms with Gasteiger partial charge >= 0.3 is 0 Å². The number of hydrogen-bond acceptors (Lipinski definition) is 1. The van der Waals surface area contributed by atoms with E-state index in [0.29, 0.717) is 14.5 Å². The van der Waals surface area contributed by atoms with Crippen LogP contribution in [0.1, 0.15) is 17.2 Å². The summed E-state index contributed by atoms with van der Waals surface area (Å²) in [6.45, 7) is 0. The summed E-state index contributed by atoms with van der Waals surface area (Å²) in [6.07, 6.45) is 0. The minimum atomic E-state index is -0.297. The van der Waals surface area contributed by atoms with Gasteiger partial charge in [-0.05, 0) is 48.5 Å². The van der Waals surface area contributed by atoms with Gasteiger partial charge in [0.2, 0.25) is 0 Å². The second-order valence-electron chi connectivity index (χ2n) is 4.09. The van der Waals surface area contributed by atoms with E-state index in [-0.39, 0.29) is 11.9 Å². The Morgan fingerprint density at radius 1 is 1.16 bits per heavy atom. The maximum absolute atomic E-state index is 13.5. The predicted molar refractivity (Wildman–Crippen MR) is 81.5 cm³/mol. The Kier molecular flexibility index (Phi) is 4.85. The van der Waals surface area contributed by atoms with E-state index < -0.39 is 0 Å². The van der Waals surface area contributed by atoms with Crippen LogP contribution in [0.2, 0.25) is 10.0 Å². The van der Waals surface area contributed by atoms with Crippen LogP contribution in [0.3, 0.4) is 0 Å². The van der Waals surface area contributed by atoms with Crippen LogP contribution in [0.25, 0.3) is 0 Å². The lowest BCUT2D eigenvalue weighted by molar-refractivity contribution is 0.615. The van der Waals surface area contributed by atoms with Crippen LogP contribution in [-0.4, -0.2) is 7.05 Å². The zero-order valence-corrected chi connectivity index (χ0v) is 13.2. The Balaban J connectivity index is 2.49. The van der Waals surface area contributed by atoms with Crippen molar-refractivity contribution in [2.45, 2.75) is 6.04 Å². The molecular weight excluding hydrogens is 352 g/mol. The first-order chi connectivity index (χ1) is 9.01. The molecule has 1 unspecified atom stereocenters. The molecular formula is C14H11BrCl2FN. The number of nitrogens with one attached hydrogen (secondary N) is 1. The summed E-state index contributed by atoms with van der Waals surface area (Å²) in [7, 11) is 1.80. The van der Waals surface area contributed by atoms with E-state index in [1.165, 1.54) is 12.1 Å². The van der Waals surface area contributed by atoms with Gasteiger partial charge in [0.15, 0.2) is 0 Å². The molecule has 19 heavy (non-hydrogen) atoms. The lowest BCUT2D eigenvalue weighted by atomic mass is 9.99. The van der Waals surface area contributed by atoms with E-state index in [1.807, 2.05) is 12.1 Å². The van der Waals surface area contributed by atoms with Crippen molar-refractivity contribution < 1.29 is 4.39 Å². The Morgan fingerprint density at radius 2 is 1.89 bits per heavy atom. The molecule has 0 heterocycles. The fourth-order valence-corrected chi connectivity index (χ4v) is 2.98. The van der Waals surface area contributed by atoms with Gasteiger partial charge in [-0.1, -0.05) is 45.2 Å². The molecule has 2 aromatic rings. The van der Waals surface area contributed by atoms with E-state index in [4.69, 9.17) is 23.2 Å². The molecule has 0 aliphatic rings. The van der Waals surface area contributed by atoms with E-state index in [9.17, 15) is 4.39 Å². The minimum absolute atomic E-state index is 0.197. The van der Waals surface area contributed by atoms with E-state index in [0.717, 1.165) is 11.1 Å². The average molecular weight is 363 g/mol. The lowest BCUT2D eigenvalue weighted by Gasteiger charge is -2.19. The van der Waals surface area contributed by atoms with Gasteiger partial charge in [0.1, 0.15) is 5.82 Å². The van der Waals surface area contributed by atoms with Crippen LogP contribution in [-0.2, 0) is 0 Å². The SMILES string of the molecule is CNC(c1cc(F)cc(Br)c1)c1ccc(Cl)cc1Cl. The standard InChI is InChI=1S/C14H11BrCl2FN/c1-19-14(8-4-9(15)6-11(18)5-8)12-3-2-10(16)7-13(12)17/h2-7,14,19H,1H3. The van der Waals surface area contributed by atoms with Crippen molar-refractivity contribution in [1.82, 2.24) is 5.32 Å². The van der Waals surface area contributed by atoms with Crippen molar-refractivity contribution in [3.8, 4) is 0 Å². The van der Waals surface area contributed by atoms with Crippen molar-refractivity contribution in [3.63, 3.8) is 0 Å². The summed E-state index contributed by atoms with van der Waals surface area (Å²) in [6, 6.07) is 9.84. The molecule has 0 amide bonds. The van der Waals surface area contributed by atoms with E-state index in [1.54, 1.807) is 19.2 Å². The summed E-state index contributed by atoms with van der Waals surface area (Å²) in [4.78, 5) is 0. The maximum atomic E-state index is 13.5. The van der Waals surface area contributed by atoms with Gasteiger partial charge in [-0.25, -0.2) is 4.39 Å². The van der Waals surface area contributed by atoms with Crippen molar-refractivity contribution in [2.75, 3.05) is 7.05 Å². The van der Waals surface area contributed by atoms with Crippen LogP contribution in [0, 0.1) is 5.82 Å². The van der Waals surface area contributed by atoms with Gasteiger partial charge in [0.05, 0.1) is 6.04 Å². The van der Waals surface area contributed by atoms with Gasteiger partial charge in [-0.3, -0.25) is 0 Å². The van der Waals surface area contributed by atoms with Gasteiger partial charge in [-0.2, -0.15) is 0 Å². The summed E-state index contributed by atoms with van der Waals surface area (Å²) in [5.74, 6) is -0.297. The smallest absolute Gasteiger partial charge is 0.124 e. The predicted octanol–water partition coefficient (Wildman–Crippen LogP) is 5.20. The van der Waals surface area contributed by atoms with Gasteiger partial charge in [0, 0.05) is 14.5 Å². The normalized spacial score (nSPS) is 12.5. The minimum Gasteiger partial charge on any atom is -0.309 e. The fraction of sp³-hybridized carbons (Fsp3) is 0.143. The highest BCUT2D eigenvalue weighted by atomic mass is 79.9. The molecule has 5 heteroatoms. The molecule has 0 saturated heterocycles. The summed E-state index contributed by atoms with van der Waals surface area (Å²) in [5, 5.41) is 4.26. The molecule has 2 rings (SSSR count). The molecule has 1 N–H and O–H groups in total. The molecule has 2 aromatic carbocycles. The van der Waals surface area contributed by atoms with Crippen LogP contribution < -0.4 is 5.32 Å². The topological polar surface area (TPSA) is 12.0 Å². The largest absolute Gasteiger partial charge is 0.309 e. The number of hydrogen-bond donors (Lipinski definition) is 1. The molecule has 0 saturated carbocycles. The second kappa shape index (κ2) is 6.23. The zero-order valence-electron chi connectivity index (χ0n) is 10.1. The quantitative estimate of drug-likeness (QED) is 0.790. The van der Waals surface area contributed by atoms with Crippen molar-refractivity contribution in [2.24, 2.45) is 0 Å². The van der Waals surface area contributed by atoms with Crippen molar-refractivity contribution >= 4 is 39.1 Å². The summed E-state index contributed by atoms with van der Waals surface area (Å²) in [5.41, 5.74) is 1.64. The summed E-state index contributed by atoms with van der Waals surface area (Å²) < 4.78 is 14.2. The molecule has 100 valence electrons. The molecule has 0 aliphatic heterocycles. The lowest BCUT2D eigenvalue weighted by Crippen LogP contribution is -2.18. The zero-order chi connectivity index (χ0) is 14.0. The molecule has 0 aromatic heterocycles. The molecule has 0 aliphatic carbocycles. The van der Waals surface area contributed by atoms with Crippen LogP contribution in [0.4, 0.5) is 4.39 Å². The van der Waals surface area contributed by atoms with Gasteiger partial charge < -0.3 is 5.32 Å². The number of benzene rings is 2. The highest BCUT2D eigenvalue weighted by Crippen LogP contribution is 2.31. The van der Waals surface area contributed by atoms with Gasteiger partial charge in [-0.15, -0.1) is 0 Å². The Labute approximate surface area is 129 Å². The molecule has 1 atom stereocenters. The Bertz CT molecular complexity index is 584. The molecule has 1 nitrogen and oxygen atoms in total. The monoisotopic (exact) mass is 361 g/mol. The third kappa shape index (κ3) is 3.48. The highest BCUT2D eigenvalue weighted by Gasteiger charge is 2.16. The van der Waals surface area contributed by atoms with E-state index in [2.05, 4.69) is 21.2 Å². The van der Waals surface area contributed by atoms with Gasteiger partial charge in [0.25, 0.3) is 0 Å². The molecule has 0 spiro atoms. The average Bonchev–Trinajstić information content (AvgIpc) is 2.31. The number of halogens is 4. The first kappa shape index (κ1) is 14.8. The fourth-order valence-electron chi connectivity index (χ4n) is 1.98. The van der Waals surface area contributed by atoms with E-state index >= 15 is 0 Å². The summed E-state index contributed by atoms with van der Waals surface area (Å²) >= 11 is 15.4. The maximum Gasteiger partial charge on any atom is 0.124 e. The molecule has 0 fully saturated rings. The molecule has 0 radical (unpaired) electrons. The Morgan fingerprint density at radius 3 is 2.47 bits per heavy atom. The number of rotatable bonds is 3. The first-order valence-corrected chi connectivity index (χ1v) is 7.14. The Hall–Kier alpha value is -0.610. The van der Waals surface area contributed by atoms with Crippen LogP contribution in [0.5, 0.6) is 0 Å².